The highest BCUT2D eigenvalue weighted by Gasteiger charge is 2.27. The van der Waals surface area contributed by atoms with Gasteiger partial charge >= 0.3 is 5.97 Å². The maximum atomic E-state index is 14.6. The van der Waals surface area contributed by atoms with Crippen molar-refractivity contribution < 1.29 is 27.8 Å². The third-order valence-electron chi connectivity index (χ3n) is 4.81. The molecule has 1 aromatic heterocycles. The van der Waals surface area contributed by atoms with Crippen molar-refractivity contribution in [2.45, 2.75) is 32.4 Å². The molecule has 1 aliphatic heterocycles. The van der Waals surface area contributed by atoms with Crippen LogP contribution in [0.5, 0.6) is 0 Å². The van der Waals surface area contributed by atoms with Crippen LogP contribution in [-0.2, 0) is 20.9 Å². The summed E-state index contributed by atoms with van der Waals surface area (Å²) in [5.74, 6) is -2.57. The summed E-state index contributed by atoms with van der Waals surface area (Å²) in [6.07, 6.45) is 0. The van der Waals surface area contributed by atoms with Crippen molar-refractivity contribution in [2.24, 2.45) is 0 Å². The Kier molecular flexibility index (Phi) is 6.54. The summed E-state index contributed by atoms with van der Waals surface area (Å²) < 4.78 is 46.4. The van der Waals surface area contributed by atoms with Gasteiger partial charge < -0.3 is 19.1 Å². The standard InChI is InChI=1S/C19H27F2N3O4Si/c1-26-18(25)13-11-14(20)15(21)16-17(13)24(12-28-9-10-29(2,3)4)19(22-16)23-5-7-27-8-6-23/h11H,5-10,12H2,1-4H3. The van der Waals surface area contributed by atoms with Crippen LogP contribution in [0.15, 0.2) is 6.07 Å². The van der Waals surface area contributed by atoms with Crippen LogP contribution in [0.2, 0.25) is 25.7 Å². The molecule has 1 fully saturated rings. The fraction of sp³-hybridized carbons (Fsp3) is 0.579. The Morgan fingerprint density at radius 1 is 1.28 bits per heavy atom. The number of aromatic nitrogens is 2. The Balaban J connectivity index is 2.07. The van der Waals surface area contributed by atoms with Crippen molar-refractivity contribution in [3.63, 3.8) is 0 Å². The number of imidazole rings is 1. The Morgan fingerprint density at radius 2 is 1.97 bits per heavy atom. The zero-order chi connectivity index (χ0) is 21.2. The number of benzene rings is 1. The lowest BCUT2D eigenvalue weighted by Crippen LogP contribution is -2.38. The first-order valence-corrected chi connectivity index (χ1v) is 13.3. The number of hydrogen-bond donors (Lipinski definition) is 0. The van der Waals surface area contributed by atoms with Crippen molar-refractivity contribution in [1.82, 2.24) is 9.55 Å². The Labute approximate surface area is 169 Å². The van der Waals surface area contributed by atoms with Gasteiger partial charge in [0.15, 0.2) is 11.6 Å². The summed E-state index contributed by atoms with van der Waals surface area (Å²) in [6.45, 7) is 9.45. The lowest BCUT2D eigenvalue weighted by molar-refractivity contribution is 0.0600. The van der Waals surface area contributed by atoms with Crippen molar-refractivity contribution in [1.29, 1.82) is 0 Å². The highest BCUT2D eigenvalue weighted by Crippen LogP contribution is 2.30. The fourth-order valence-corrected chi connectivity index (χ4v) is 3.92. The van der Waals surface area contributed by atoms with E-state index in [9.17, 15) is 13.6 Å². The highest BCUT2D eigenvalue weighted by molar-refractivity contribution is 6.76. The number of nitrogens with zero attached hydrogens (tertiary/aromatic N) is 3. The van der Waals surface area contributed by atoms with E-state index in [1.54, 1.807) is 4.57 Å². The minimum Gasteiger partial charge on any atom is -0.465 e. The molecule has 0 saturated carbocycles. The average Bonchev–Trinajstić information content (AvgIpc) is 3.07. The van der Waals surface area contributed by atoms with Crippen LogP contribution in [0.4, 0.5) is 14.7 Å². The van der Waals surface area contributed by atoms with E-state index in [1.165, 1.54) is 7.11 Å². The van der Waals surface area contributed by atoms with Gasteiger partial charge in [-0.2, -0.15) is 0 Å². The molecule has 7 nitrogen and oxygen atoms in total. The summed E-state index contributed by atoms with van der Waals surface area (Å²) in [4.78, 5) is 18.5. The predicted octanol–water partition coefficient (Wildman–Crippen LogP) is 3.25. The number of ether oxygens (including phenoxy) is 3. The maximum absolute atomic E-state index is 14.6. The molecule has 3 rings (SSSR count). The summed E-state index contributed by atoms with van der Waals surface area (Å²) in [5, 5.41) is 0. The number of methoxy groups -OCH3 is 1. The summed E-state index contributed by atoms with van der Waals surface area (Å²) in [5.41, 5.74) is -0.117. The van der Waals surface area contributed by atoms with Gasteiger partial charge in [-0.15, -0.1) is 0 Å². The van der Waals surface area contributed by atoms with Crippen molar-refractivity contribution >= 4 is 31.0 Å². The monoisotopic (exact) mass is 427 g/mol. The van der Waals surface area contributed by atoms with Crippen LogP contribution < -0.4 is 4.90 Å². The number of rotatable bonds is 7. The number of hydrogen-bond acceptors (Lipinski definition) is 6. The second kappa shape index (κ2) is 8.76. The van der Waals surface area contributed by atoms with Gasteiger partial charge in [0.25, 0.3) is 0 Å². The molecule has 0 spiro atoms. The molecule has 0 amide bonds. The summed E-state index contributed by atoms with van der Waals surface area (Å²) >= 11 is 0. The number of carbonyl (C=O) groups excluding carboxylic acids is 1. The third kappa shape index (κ3) is 4.76. The van der Waals surface area contributed by atoms with E-state index in [1.807, 2.05) is 4.90 Å². The Bertz CT molecular complexity index is 892. The van der Waals surface area contributed by atoms with E-state index in [2.05, 4.69) is 24.6 Å². The topological polar surface area (TPSA) is 65.8 Å². The molecule has 0 bridgehead atoms. The normalized spacial score (nSPS) is 15.2. The first-order valence-electron chi connectivity index (χ1n) is 9.60. The molecule has 1 aromatic carbocycles. The third-order valence-corrected chi connectivity index (χ3v) is 6.51. The van der Waals surface area contributed by atoms with Gasteiger partial charge in [0, 0.05) is 27.8 Å². The van der Waals surface area contributed by atoms with Crippen LogP contribution >= 0.6 is 0 Å². The zero-order valence-electron chi connectivity index (χ0n) is 17.3. The van der Waals surface area contributed by atoms with Crippen molar-refractivity contribution in [3.8, 4) is 0 Å². The van der Waals surface area contributed by atoms with Gasteiger partial charge in [-0.3, -0.25) is 4.57 Å². The number of morpholine rings is 1. The molecule has 160 valence electrons. The minimum absolute atomic E-state index is 0.0722. The van der Waals surface area contributed by atoms with Gasteiger partial charge in [0.05, 0.1) is 31.4 Å². The molecule has 0 atom stereocenters. The van der Waals surface area contributed by atoms with Gasteiger partial charge in [-0.05, 0) is 12.1 Å². The van der Waals surface area contributed by atoms with Crippen molar-refractivity contribution in [3.05, 3.63) is 23.3 Å². The number of halogens is 2. The van der Waals surface area contributed by atoms with E-state index in [-0.39, 0.29) is 23.3 Å². The molecule has 2 aromatic rings. The molecule has 10 heteroatoms. The maximum Gasteiger partial charge on any atom is 0.340 e. The summed E-state index contributed by atoms with van der Waals surface area (Å²) in [6, 6.07) is 1.81. The first kappa shape index (κ1) is 21.7. The highest BCUT2D eigenvalue weighted by atomic mass is 28.3. The molecular formula is C19H27F2N3O4Si. The predicted molar refractivity (Wildman–Crippen MR) is 108 cm³/mol. The van der Waals surface area contributed by atoms with E-state index < -0.39 is 25.7 Å². The van der Waals surface area contributed by atoms with Gasteiger partial charge in [0.2, 0.25) is 5.95 Å². The Hall–Kier alpha value is -2.04. The molecule has 0 radical (unpaired) electrons. The van der Waals surface area contributed by atoms with Crippen LogP contribution in [-0.4, -0.2) is 63.6 Å². The number of esters is 1. The second-order valence-electron chi connectivity index (χ2n) is 8.20. The Morgan fingerprint density at radius 3 is 2.59 bits per heavy atom. The van der Waals surface area contributed by atoms with E-state index in [0.717, 1.165) is 12.1 Å². The molecule has 0 aliphatic carbocycles. The van der Waals surface area contributed by atoms with E-state index in [0.29, 0.717) is 38.9 Å². The van der Waals surface area contributed by atoms with E-state index >= 15 is 0 Å². The van der Waals surface area contributed by atoms with Gasteiger partial charge in [-0.1, -0.05) is 19.6 Å². The molecule has 29 heavy (non-hydrogen) atoms. The molecule has 0 unspecified atom stereocenters. The summed E-state index contributed by atoms with van der Waals surface area (Å²) in [7, 11) is -0.0924. The number of carbonyl (C=O) groups is 1. The minimum atomic E-state index is -1.29. The fourth-order valence-electron chi connectivity index (χ4n) is 3.17. The van der Waals surface area contributed by atoms with Crippen LogP contribution in [0.3, 0.4) is 0 Å². The SMILES string of the molecule is COC(=O)c1cc(F)c(F)c2nc(N3CCOCC3)n(COCC[Si](C)(C)C)c12. The number of anilines is 1. The van der Waals surface area contributed by atoms with Crippen LogP contribution in [0.1, 0.15) is 10.4 Å². The molecule has 0 N–H and O–H groups in total. The van der Waals surface area contributed by atoms with E-state index in [4.69, 9.17) is 14.2 Å². The largest absolute Gasteiger partial charge is 0.465 e. The lowest BCUT2D eigenvalue weighted by Gasteiger charge is -2.28. The lowest BCUT2D eigenvalue weighted by atomic mass is 10.1. The second-order valence-corrected chi connectivity index (χ2v) is 13.8. The quantitative estimate of drug-likeness (QED) is 0.384. The first-order chi connectivity index (χ1) is 13.7. The number of fused-ring (bicyclic) bond motifs is 1. The van der Waals surface area contributed by atoms with Gasteiger partial charge in [0.1, 0.15) is 12.2 Å². The molecule has 1 saturated heterocycles. The average molecular weight is 428 g/mol. The van der Waals surface area contributed by atoms with Crippen LogP contribution in [0.25, 0.3) is 11.0 Å². The molecule has 2 heterocycles. The molecular weight excluding hydrogens is 400 g/mol. The zero-order valence-corrected chi connectivity index (χ0v) is 18.3. The van der Waals surface area contributed by atoms with Crippen molar-refractivity contribution in [2.75, 3.05) is 44.9 Å². The smallest absolute Gasteiger partial charge is 0.340 e. The van der Waals surface area contributed by atoms with Crippen LogP contribution in [0, 0.1) is 11.6 Å². The van der Waals surface area contributed by atoms with Gasteiger partial charge in [-0.25, -0.2) is 18.6 Å². The molecule has 1 aliphatic rings.